The van der Waals surface area contributed by atoms with Gasteiger partial charge in [0.2, 0.25) is 0 Å². The first-order chi connectivity index (χ1) is 8.33. The van der Waals surface area contributed by atoms with Crippen molar-refractivity contribution in [3.8, 4) is 0 Å². The fraction of sp³-hybridized carbons (Fsp3) is 0.909. The molecule has 4 N–H and O–H groups in total. The minimum atomic E-state index is -1.32. The molecular weight excluding hydrogens is 281 g/mol. The quantitative estimate of drug-likeness (QED) is 0.312. The van der Waals surface area contributed by atoms with E-state index in [0.29, 0.717) is 0 Å². The van der Waals surface area contributed by atoms with Crippen LogP contribution >= 0.6 is 0 Å². The molecule has 3 unspecified atom stereocenters. The van der Waals surface area contributed by atoms with E-state index >= 15 is 0 Å². The Kier molecular flexibility index (Phi) is 13.5. The van der Waals surface area contributed by atoms with Crippen LogP contribution in [0.2, 0.25) is 0 Å². The van der Waals surface area contributed by atoms with E-state index in [1.165, 1.54) is 4.90 Å². The van der Waals surface area contributed by atoms with Crippen LogP contribution in [0.15, 0.2) is 0 Å². The van der Waals surface area contributed by atoms with Crippen molar-refractivity contribution in [2.45, 2.75) is 32.1 Å². The maximum Gasteiger partial charge on any atom is 1.00 e. The van der Waals surface area contributed by atoms with Gasteiger partial charge in [-0.2, -0.15) is 0 Å². The molecule has 0 aliphatic carbocycles. The van der Waals surface area contributed by atoms with Gasteiger partial charge in [0, 0.05) is 13.1 Å². The number of hydrogen-bond donors (Lipinski definition) is 4. The van der Waals surface area contributed by atoms with Crippen LogP contribution in [0.25, 0.3) is 0 Å². The summed E-state index contributed by atoms with van der Waals surface area (Å²) in [4.78, 5) is 12.4. The van der Waals surface area contributed by atoms with E-state index in [9.17, 15) is 20.1 Å². The van der Waals surface area contributed by atoms with Gasteiger partial charge in [-0.15, -0.1) is 0 Å². The van der Waals surface area contributed by atoms with Gasteiger partial charge in [0.05, 0.1) is 37.4 Å². The zero-order valence-electron chi connectivity index (χ0n) is 11.7. The topological polar surface area (TPSA) is 124 Å². The Bertz CT molecular complexity index is 241. The van der Waals surface area contributed by atoms with Crippen molar-refractivity contribution in [1.29, 1.82) is 0 Å². The Morgan fingerprint density at radius 1 is 1.11 bits per heavy atom. The first-order valence-corrected chi connectivity index (χ1v) is 5.86. The number of nitrogens with zero attached hydrogens (tertiary/aromatic N) is 1. The van der Waals surface area contributed by atoms with Crippen molar-refractivity contribution >= 4 is 5.97 Å². The fourth-order valence-electron chi connectivity index (χ4n) is 1.80. The molecule has 0 radical (unpaired) electrons. The number of aliphatic hydroxyl groups excluding tert-OH is 4. The summed E-state index contributed by atoms with van der Waals surface area (Å²) in [7, 11) is 0. The fourth-order valence-corrected chi connectivity index (χ4v) is 1.80. The van der Waals surface area contributed by atoms with Gasteiger partial charge in [0.15, 0.2) is 0 Å². The predicted octanol–water partition coefficient (Wildman–Crippen LogP) is -6.23. The third-order valence-corrected chi connectivity index (χ3v) is 2.58. The van der Waals surface area contributed by atoms with E-state index in [0.717, 1.165) is 0 Å². The van der Waals surface area contributed by atoms with Crippen molar-refractivity contribution in [2.75, 3.05) is 26.3 Å². The first-order valence-electron chi connectivity index (χ1n) is 5.86. The molecule has 0 aliphatic heterocycles. The molecule has 0 aromatic rings. The molecule has 0 saturated heterocycles. The summed E-state index contributed by atoms with van der Waals surface area (Å²) in [6.45, 7) is 2.08. The van der Waals surface area contributed by atoms with Gasteiger partial charge in [0.25, 0.3) is 0 Å². The molecule has 0 aromatic heterocycles. The minimum absolute atomic E-state index is 0. The van der Waals surface area contributed by atoms with E-state index in [4.69, 9.17) is 10.2 Å². The van der Waals surface area contributed by atoms with Gasteiger partial charge in [0.1, 0.15) is 0 Å². The molecule has 0 aromatic carbocycles. The second-order valence-electron chi connectivity index (χ2n) is 4.63. The minimum Gasteiger partial charge on any atom is -0.548 e. The molecule has 0 fully saturated rings. The van der Waals surface area contributed by atoms with E-state index in [1.807, 2.05) is 0 Å². The Balaban J connectivity index is 0. The first kappa shape index (κ1) is 22.2. The summed E-state index contributed by atoms with van der Waals surface area (Å²) in [5.41, 5.74) is 0. The molecule has 0 aliphatic rings. The summed E-state index contributed by atoms with van der Waals surface area (Å²) < 4.78 is 0. The maximum absolute atomic E-state index is 11.1. The third-order valence-electron chi connectivity index (χ3n) is 2.58. The second-order valence-corrected chi connectivity index (χ2v) is 4.63. The molecule has 8 heteroatoms. The normalized spacial score (nSPS) is 16.0. The van der Waals surface area contributed by atoms with Gasteiger partial charge < -0.3 is 30.3 Å². The monoisotopic (exact) mass is 303 g/mol. The Hall–Kier alpha value is 0.906. The van der Waals surface area contributed by atoms with Crippen molar-refractivity contribution in [3.05, 3.63) is 0 Å². The van der Waals surface area contributed by atoms with Crippen LogP contribution in [0.1, 0.15) is 13.8 Å². The number of aliphatic carboxylic acids is 1. The molecule has 0 saturated carbocycles. The van der Waals surface area contributed by atoms with Crippen LogP contribution in [0, 0.1) is 5.92 Å². The molecule has 0 rings (SSSR count). The predicted molar refractivity (Wildman–Crippen MR) is 61.4 cm³/mol. The summed E-state index contributed by atoms with van der Waals surface area (Å²) >= 11 is 0. The number of carbonyl (C=O) groups is 1. The zero-order chi connectivity index (χ0) is 14.3. The molecular formula is C11H22KNO6. The van der Waals surface area contributed by atoms with Gasteiger partial charge >= 0.3 is 51.4 Å². The van der Waals surface area contributed by atoms with E-state index in [2.05, 4.69) is 0 Å². The summed E-state index contributed by atoms with van der Waals surface area (Å²) in [5.74, 6) is -1.62. The van der Waals surface area contributed by atoms with Crippen LogP contribution in [0.5, 0.6) is 0 Å². The molecule has 108 valence electrons. The molecule has 0 spiro atoms. The number of carboxylic acid groups (broad SMARTS) is 1. The van der Waals surface area contributed by atoms with E-state index in [-0.39, 0.29) is 70.4 Å². The van der Waals surface area contributed by atoms with E-state index in [1.54, 1.807) is 13.8 Å². The van der Waals surface area contributed by atoms with Crippen LogP contribution in [-0.2, 0) is 4.79 Å². The van der Waals surface area contributed by atoms with Gasteiger partial charge in [-0.3, -0.25) is 4.90 Å². The molecule has 0 amide bonds. The average molecular weight is 303 g/mol. The molecule has 3 atom stereocenters. The standard InChI is InChI=1S/C11H23NO6.K/c1-7(2)10(11(17)18)12(3-8(15)5-13)4-9(16)6-14;/h7-10,13-16H,3-6H2,1-2H3,(H,17,18);/q;+1/p-1. The number of carbonyl (C=O) groups excluding carboxylic acids is 1. The van der Waals surface area contributed by atoms with Gasteiger partial charge in [-0.1, -0.05) is 13.8 Å². The number of rotatable bonds is 9. The van der Waals surface area contributed by atoms with Crippen molar-refractivity contribution in [2.24, 2.45) is 5.92 Å². The smallest absolute Gasteiger partial charge is 0.548 e. The summed E-state index contributed by atoms with van der Waals surface area (Å²) in [5, 5.41) is 47.4. The number of aliphatic hydroxyl groups is 4. The van der Waals surface area contributed by atoms with Crippen LogP contribution in [0.4, 0.5) is 0 Å². The van der Waals surface area contributed by atoms with Gasteiger partial charge in [-0.05, 0) is 5.92 Å². The van der Waals surface area contributed by atoms with Crippen LogP contribution < -0.4 is 56.5 Å². The van der Waals surface area contributed by atoms with E-state index < -0.39 is 37.4 Å². The van der Waals surface area contributed by atoms with Crippen LogP contribution in [0.3, 0.4) is 0 Å². The Labute approximate surface area is 155 Å². The zero-order valence-corrected chi connectivity index (χ0v) is 14.8. The number of carboxylic acids is 1. The largest absolute Gasteiger partial charge is 1.00 e. The van der Waals surface area contributed by atoms with Crippen LogP contribution in [-0.4, -0.2) is 75.8 Å². The molecule has 0 heterocycles. The molecule has 19 heavy (non-hydrogen) atoms. The Morgan fingerprint density at radius 3 is 1.68 bits per heavy atom. The maximum atomic E-state index is 11.1. The van der Waals surface area contributed by atoms with Gasteiger partial charge in [-0.25, -0.2) is 0 Å². The number of hydrogen-bond acceptors (Lipinski definition) is 7. The molecule has 7 nitrogen and oxygen atoms in total. The average Bonchev–Trinajstić information content (AvgIpc) is 2.27. The van der Waals surface area contributed by atoms with Crippen molar-refractivity contribution in [1.82, 2.24) is 4.90 Å². The molecule has 0 bridgehead atoms. The van der Waals surface area contributed by atoms with Crippen molar-refractivity contribution in [3.63, 3.8) is 0 Å². The SMILES string of the molecule is CC(C)C(C(=O)[O-])N(CC(O)CO)CC(O)CO.[K+]. The third kappa shape index (κ3) is 8.71. The van der Waals surface area contributed by atoms with Crippen molar-refractivity contribution < 1.29 is 81.7 Å². The Morgan fingerprint density at radius 2 is 1.47 bits per heavy atom. The summed E-state index contributed by atoms with van der Waals surface area (Å²) in [6.07, 6.45) is -2.23. The summed E-state index contributed by atoms with van der Waals surface area (Å²) in [6, 6.07) is -1.01. The second kappa shape index (κ2) is 11.6.